The van der Waals surface area contributed by atoms with E-state index in [-0.39, 0.29) is 23.2 Å². The van der Waals surface area contributed by atoms with Crippen LogP contribution in [-0.2, 0) is 9.53 Å². The number of hydrogen-bond acceptors (Lipinski definition) is 6. The number of ether oxygens (including phenoxy) is 1. The van der Waals surface area contributed by atoms with Gasteiger partial charge in [0.05, 0.1) is 12.3 Å². The number of carbonyl (C=O) groups excluding carboxylic acids is 1. The molecule has 1 rings (SSSR count). The molecule has 0 amide bonds. The third-order valence-electron chi connectivity index (χ3n) is 3.04. The number of aromatic nitrogens is 1. The summed E-state index contributed by atoms with van der Waals surface area (Å²) in [4.78, 5) is 16.0. The van der Waals surface area contributed by atoms with E-state index >= 15 is 0 Å². The van der Waals surface area contributed by atoms with Gasteiger partial charge in [-0.3, -0.25) is 0 Å². The van der Waals surface area contributed by atoms with Crippen molar-refractivity contribution in [2.24, 2.45) is 0 Å². The molecule has 1 aromatic rings. The van der Waals surface area contributed by atoms with Gasteiger partial charge in [-0.1, -0.05) is 24.9 Å². The van der Waals surface area contributed by atoms with Crippen LogP contribution in [0.2, 0.25) is 5.15 Å². The van der Waals surface area contributed by atoms with Gasteiger partial charge in [0.25, 0.3) is 0 Å². The summed E-state index contributed by atoms with van der Waals surface area (Å²) in [6.45, 7) is 6.40. The first-order valence-corrected chi connectivity index (χ1v) is 7.86. The Labute approximate surface area is 141 Å². The van der Waals surface area contributed by atoms with Gasteiger partial charge < -0.3 is 15.4 Å². The number of anilines is 1. The summed E-state index contributed by atoms with van der Waals surface area (Å²) in [5.41, 5.74) is 1.27. The minimum absolute atomic E-state index is 0.123. The van der Waals surface area contributed by atoms with Crippen molar-refractivity contribution in [3.05, 3.63) is 34.4 Å². The Morgan fingerprint density at radius 1 is 1.48 bits per heavy atom. The minimum atomic E-state index is -0.681. The Hall–Kier alpha value is -2.26. The van der Waals surface area contributed by atoms with Crippen molar-refractivity contribution >= 4 is 23.3 Å². The van der Waals surface area contributed by atoms with E-state index in [1.165, 1.54) is 0 Å². The molecule has 0 radical (unpaired) electrons. The molecule has 0 unspecified atom stereocenters. The van der Waals surface area contributed by atoms with Gasteiger partial charge >= 0.3 is 5.97 Å². The van der Waals surface area contributed by atoms with Crippen LogP contribution < -0.4 is 10.6 Å². The molecule has 2 N–H and O–H groups in total. The predicted molar refractivity (Wildman–Crippen MR) is 89.8 cm³/mol. The maximum absolute atomic E-state index is 12.0. The summed E-state index contributed by atoms with van der Waals surface area (Å²) in [6, 6.07) is 3.68. The number of halogens is 1. The van der Waals surface area contributed by atoms with Crippen molar-refractivity contribution in [1.82, 2.24) is 10.3 Å². The Bertz CT molecular complexity index is 603. The maximum atomic E-state index is 12.0. The summed E-state index contributed by atoms with van der Waals surface area (Å²) in [6.07, 6.45) is 3.47. The van der Waals surface area contributed by atoms with Crippen LogP contribution in [0.5, 0.6) is 0 Å². The van der Waals surface area contributed by atoms with Crippen molar-refractivity contribution in [1.29, 1.82) is 5.26 Å². The molecular formula is C16H21ClN4O2. The van der Waals surface area contributed by atoms with Crippen LogP contribution in [0.3, 0.4) is 0 Å². The summed E-state index contributed by atoms with van der Waals surface area (Å²) in [5, 5.41) is 15.7. The van der Waals surface area contributed by atoms with Crippen LogP contribution in [0, 0.1) is 18.3 Å². The fourth-order valence-electron chi connectivity index (χ4n) is 1.79. The van der Waals surface area contributed by atoms with E-state index in [9.17, 15) is 10.1 Å². The molecule has 0 aliphatic carbocycles. The average Bonchev–Trinajstić information content (AvgIpc) is 2.51. The topological polar surface area (TPSA) is 87.0 Å². The third kappa shape index (κ3) is 5.46. The van der Waals surface area contributed by atoms with Gasteiger partial charge in [-0.15, -0.1) is 0 Å². The Morgan fingerprint density at radius 2 is 2.22 bits per heavy atom. The van der Waals surface area contributed by atoms with Gasteiger partial charge in [0, 0.05) is 12.7 Å². The lowest BCUT2D eigenvalue weighted by molar-refractivity contribution is -0.138. The molecule has 23 heavy (non-hydrogen) atoms. The van der Waals surface area contributed by atoms with Crippen molar-refractivity contribution in [2.45, 2.75) is 33.6 Å². The van der Waals surface area contributed by atoms with Gasteiger partial charge in [0.15, 0.2) is 10.7 Å². The number of esters is 1. The second kappa shape index (κ2) is 9.70. The molecule has 124 valence electrons. The molecule has 0 fully saturated rings. The molecule has 0 aromatic carbocycles. The van der Waals surface area contributed by atoms with E-state index < -0.39 is 5.97 Å². The molecule has 0 atom stereocenters. The third-order valence-corrected chi connectivity index (χ3v) is 3.32. The van der Waals surface area contributed by atoms with Crippen LogP contribution in [-0.4, -0.2) is 24.1 Å². The average molecular weight is 337 g/mol. The highest BCUT2D eigenvalue weighted by molar-refractivity contribution is 6.32. The second-order valence-corrected chi connectivity index (χ2v) is 5.14. The maximum Gasteiger partial charge on any atom is 0.352 e. The van der Waals surface area contributed by atoms with Gasteiger partial charge in [0.1, 0.15) is 11.9 Å². The lowest BCUT2D eigenvalue weighted by atomic mass is 10.2. The molecule has 1 heterocycles. The van der Waals surface area contributed by atoms with E-state index in [0.717, 1.165) is 18.4 Å². The fourth-order valence-corrected chi connectivity index (χ4v) is 2.05. The Kier molecular flexibility index (Phi) is 7.92. The first kappa shape index (κ1) is 18.8. The number of carbonyl (C=O) groups is 1. The van der Waals surface area contributed by atoms with Crippen LogP contribution in [0.15, 0.2) is 23.7 Å². The number of rotatable bonds is 8. The number of nitriles is 1. The monoisotopic (exact) mass is 336 g/mol. The van der Waals surface area contributed by atoms with Crippen LogP contribution >= 0.6 is 11.6 Å². The number of hydrogen-bond donors (Lipinski definition) is 2. The van der Waals surface area contributed by atoms with E-state index in [4.69, 9.17) is 16.3 Å². The number of aryl methyl sites for hydroxylation is 1. The van der Waals surface area contributed by atoms with Gasteiger partial charge in [-0.05, 0) is 31.9 Å². The van der Waals surface area contributed by atoms with E-state index in [0.29, 0.717) is 12.2 Å². The summed E-state index contributed by atoms with van der Waals surface area (Å²) < 4.78 is 4.93. The quantitative estimate of drug-likeness (QED) is 0.249. The molecule has 7 heteroatoms. The largest absolute Gasteiger partial charge is 0.462 e. The standard InChI is InChI=1S/C16H21ClN4O2/c1-4-6-8-20-15(12(10-18)16(22)23-5-2)21-13-11(3)7-9-19-14(13)17/h7,9,20-21H,4-6,8H2,1-3H3/b15-12-. The zero-order valence-corrected chi connectivity index (χ0v) is 14.3. The smallest absolute Gasteiger partial charge is 0.352 e. The zero-order valence-electron chi connectivity index (χ0n) is 13.6. The Balaban J connectivity index is 3.18. The lowest BCUT2D eigenvalue weighted by Crippen LogP contribution is -2.26. The van der Waals surface area contributed by atoms with Crippen molar-refractivity contribution < 1.29 is 9.53 Å². The van der Waals surface area contributed by atoms with Gasteiger partial charge in [0.2, 0.25) is 0 Å². The van der Waals surface area contributed by atoms with E-state index in [2.05, 4.69) is 22.5 Å². The van der Waals surface area contributed by atoms with Gasteiger partial charge in [-0.2, -0.15) is 5.26 Å². The van der Waals surface area contributed by atoms with Crippen LogP contribution in [0.4, 0.5) is 5.69 Å². The SMILES string of the molecule is CCCCN/C(Nc1c(C)ccnc1Cl)=C(\C#N)C(=O)OCC. The molecule has 1 aromatic heterocycles. The first-order chi connectivity index (χ1) is 11.0. The molecule has 6 nitrogen and oxygen atoms in total. The minimum Gasteiger partial charge on any atom is -0.462 e. The molecule has 0 bridgehead atoms. The van der Waals surface area contributed by atoms with Crippen molar-refractivity contribution in [3.63, 3.8) is 0 Å². The molecule has 0 aliphatic heterocycles. The highest BCUT2D eigenvalue weighted by atomic mass is 35.5. The first-order valence-electron chi connectivity index (χ1n) is 7.48. The summed E-state index contributed by atoms with van der Waals surface area (Å²) in [5.74, 6) is -0.406. The van der Waals surface area contributed by atoms with Gasteiger partial charge in [-0.25, -0.2) is 9.78 Å². The Morgan fingerprint density at radius 3 is 2.78 bits per heavy atom. The molecule has 0 aliphatic rings. The molecule has 0 saturated heterocycles. The number of unbranched alkanes of at least 4 members (excludes halogenated alkanes) is 1. The van der Waals surface area contributed by atoms with E-state index in [1.54, 1.807) is 19.2 Å². The van der Waals surface area contributed by atoms with Crippen LogP contribution in [0.1, 0.15) is 32.3 Å². The normalized spacial score (nSPS) is 11.3. The lowest BCUT2D eigenvalue weighted by Gasteiger charge is -2.17. The van der Waals surface area contributed by atoms with Crippen LogP contribution in [0.25, 0.3) is 0 Å². The highest BCUT2D eigenvalue weighted by Gasteiger charge is 2.18. The summed E-state index contributed by atoms with van der Waals surface area (Å²) >= 11 is 6.10. The fraction of sp³-hybridized carbons (Fsp3) is 0.438. The number of nitrogens with one attached hydrogen (secondary N) is 2. The number of pyridine rings is 1. The zero-order chi connectivity index (χ0) is 17.2. The summed E-state index contributed by atoms with van der Waals surface area (Å²) in [7, 11) is 0. The predicted octanol–water partition coefficient (Wildman–Crippen LogP) is 3.14. The van der Waals surface area contributed by atoms with Crippen molar-refractivity contribution in [2.75, 3.05) is 18.5 Å². The van der Waals surface area contributed by atoms with E-state index in [1.807, 2.05) is 13.0 Å². The number of nitrogens with zero attached hydrogens (tertiary/aromatic N) is 2. The highest BCUT2D eigenvalue weighted by Crippen LogP contribution is 2.24. The molecule has 0 saturated carbocycles. The second-order valence-electron chi connectivity index (χ2n) is 4.78. The molecule has 0 spiro atoms. The molecular weight excluding hydrogens is 316 g/mol. The van der Waals surface area contributed by atoms with Crippen molar-refractivity contribution in [3.8, 4) is 6.07 Å².